The summed E-state index contributed by atoms with van der Waals surface area (Å²) in [6.45, 7) is 2.90. The Hall–Kier alpha value is -3.57. The number of aryl methyl sites for hydroxylation is 1. The van der Waals surface area contributed by atoms with Gasteiger partial charge in [-0.25, -0.2) is 4.79 Å². The van der Waals surface area contributed by atoms with Crippen LogP contribution in [-0.4, -0.2) is 15.9 Å². The Bertz CT molecular complexity index is 1280. The van der Waals surface area contributed by atoms with Gasteiger partial charge in [-0.2, -0.15) is 0 Å². The zero-order valence-corrected chi connectivity index (χ0v) is 18.5. The van der Waals surface area contributed by atoms with Gasteiger partial charge in [0.2, 0.25) is 0 Å². The predicted molar refractivity (Wildman–Crippen MR) is 129 cm³/mol. The molecule has 1 aromatic heterocycles. The molecule has 0 aliphatic heterocycles. The number of hydrogen-bond acceptors (Lipinski definition) is 2. The molecule has 1 heterocycles. The summed E-state index contributed by atoms with van der Waals surface area (Å²) in [6.07, 6.45) is 0. The van der Waals surface area contributed by atoms with E-state index in [1.165, 1.54) is 0 Å². The number of hydrogen-bond donors (Lipinski definition) is 2. The topological polar surface area (TPSA) is 65.2 Å². The molecule has 0 saturated heterocycles. The molecule has 32 heavy (non-hydrogen) atoms. The van der Waals surface area contributed by atoms with Crippen LogP contribution in [0.3, 0.4) is 0 Å². The fourth-order valence-electron chi connectivity index (χ4n) is 3.65. The van der Waals surface area contributed by atoms with Crippen LogP contribution in [0, 0.1) is 6.92 Å². The second kappa shape index (κ2) is 9.71. The minimum atomic E-state index is -0.243. The van der Waals surface area contributed by atoms with Crippen LogP contribution >= 0.6 is 11.6 Å². The van der Waals surface area contributed by atoms with Gasteiger partial charge in [-0.1, -0.05) is 72.3 Å². The lowest BCUT2D eigenvalue weighted by atomic mass is 10.1. The van der Waals surface area contributed by atoms with E-state index in [4.69, 9.17) is 11.6 Å². The van der Waals surface area contributed by atoms with Gasteiger partial charge < -0.3 is 15.2 Å². The maximum Gasteiger partial charge on any atom is 0.318 e. The Labute approximate surface area is 191 Å². The van der Waals surface area contributed by atoms with E-state index in [1.807, 2.05) is 73.7 Å². The summed E-state index contributed by atoms with van der Waals surface area (Å²) in [5, 5.41) is 4.54. The number of nitrogens with one attached hydrogen (secondary N) is 2. The number of aromatic amines is 1. The highest BCUT2D eigenvalue weighted by atomic mass is 35.5. The number of para-hydroxylation sites is 1. The van der Waals surface area contributed by atoms with Gasteiger partial charge >= 0.3 is 6.03 Å². The van der Waals surface area contributed by atoms with Crippen LogP contribution in [0.1, 0.15) is 22.3 Å². The Morgan fingerprint density at radius 3 is 2.44 bits per heavy atom. The van der Waals surface area contributed by atoms with Gasteiger partial charge in [0.25, 0.3) is 5.56 Å². The number of amides is 2. The average Bonchev–Trinajstić information content (AvgIpc) is 2.80. The number of H-pyrrole nitrogens is 1. The molecule has 0 saturated carbocycles. The Kier molecular flexibility index (Phi) is 6.57. The van der Waals surface area contributed by atoms with Crippen molar-refractivity contribution in [3.8, 4) is 0 Å². The molecule has 5 nitrogen and oxygen atoms in total. The quantitative estimate of drug-likeness (QED) is 0.417. The van der Waals surface area contributed by atoms with Crippen molar-refractivity contribution in [2.24, 2.45) is 0 Å². The van der Waals surface area contributed by atoms with Crippen molar-refractivity contribution in [2.75, 3.05) is 0 Å². The third-order valence-corrected chi connectivity index (χ3v) is 5.64. The highest BCUT2D eigenvalue weighted by Crippen LogP contribution is 2.17. The standard InChI is InChI=1S/C26H24ClN3O2/c1-18-6-5-9-21-14-22(25(31)29-24(18)21)17-30(16-20-10-12-23(27)13-11-20)26(32)28-15-19-7-3-2-4-8-19/h2-14H,15-17H2,1H3,(H,28,32)(H,29,31). The highest BCUT2D eigenvalue weighted by molar-refractivity contribution is 6.30. The molecule has 3 aromatic carbocycles. The zero-order chi connectivity index (χ0) is 22.5. The third-order valence-electron chi connectivity index (χ3n) is 5.39. The molecule has 0 fully saturated rings. The fraction of sp³-hybridized carbons (Fsp3) is 0.154. The summed E-state index contributed by atoms with van der Waals surface area (Å²) in [4.78, 5) is 30.5. The van der Waals surface area contributed by atoms with Crippen molar-refractivity contribution in [2.45, 2.75) is 26.6 Å². The normalized spacial score (nSPS) is 10.8. The monoisotopic (exact) mass is 445 g/mol. The van der Waals surface area contributed by atoms with E-state index in [-0.39, 0.29) is 18.1 Å². The third kappa shape index (κ3) is 5.18. The van der Waals surface area contributed by atoms with Crippen molar-refractivity contribution < 1.29 is 4.79 Å². The van der Waals surface area contributed by atoms with Gasteiger partial charge in [0.05, 0.1) is 12.1 Å². The maximum atomic E-state index is 13.1. The van der Waals surface area contributed by atoms with E-state index in [0.717, 1.165) is 27.6 Å². The van der Waals surface area contributed by atoms with E-state index in [0.29, 0.717) is 23.7 Å². The number of pyridine rings is 1. The molecule has 0 unspecified atom stereocenters. The molecule has 4 aromatic rings. The number of carbonyl (C=O) groups is 1. The summed E-state index contributed by atoms with van der Waals surface area (Å²) in [7, 11) is 0. The number of halogens is 1. The molecule has 2 amide bonds. The molecular formula is C26H24ClN3O2. The van der Waals surface area contributed by atoms with Crippen LogP contribution in [0.4, 0.5) is 4.79 Å². The SMILES string of the molecule is Cc1cccc2cc(CN(Cc3ccc(Cl)cc3)C(=O)NCc3ccccc3)c(=O)[nH]c12. The van der Waals surface area contributed by atoms with Gasteiger partial charge in [-0.15, -0.1) is 0 Å². The van der Waals surface area contributed by atoms with Crippen LogP contribution in [0.25, 0.3) is 10.9 Å². The van der Waals surface area contributed by atoms with Crippen molar-refractivity contribution in [3.05, 3.63) is 116 Å². The average molecular weight is 446 g/mol. The van der Waals surface area contributed by atoms with Crippen molar-refractivity contribution in [1.29, 1.82) is 0 Å². The number of carbonyl (C=O) groups excluding carboxylic acids is 1. The molecule has 4 rings (SSSR count). The molecule has 0 bridgehead atoms. The number of rotatable bonds is 6. The second-order valence-corrected chi connectivity index (χ2v) is 8.23. The highest BCUT2D eigenvalue weighted by Gasteiger charge is 2.17. The molecule has 0 aliphatic rings. The largest absolute Gasteiger partial charge is 0.334 e. The number of fused-ring (bicyclic) bond motifs is 1. The molecule has 0 atom stereocenters. The van der Waals surface area contributed by atoms with Gasteiger partial charge in [0, 0.05) is 23.7 Å². The minimum absolute atomic E-state index is 0.183. The van der Waals surface area contributed by atoms with Crippen LogP contribution in [0.2, 0.25) is 5.02 Å². The minimum Gasteiger partial charge on any atom is -0.334 e. The van der Waals surface area contributed by atoms with Gasteiger partial charge in [-0.3, -0.25) is 4.79 Å². The predicted octanol–water partition coefficient (Wildman–Crippen LogP) is 5.40. The van der Waals surface area contributed by atoms with E-state index >= 15 is 0 Å². The first kappa shape index (κ1) is 21.7. The molecule has 2 N–H and O–H groups in total. The smallest absolute Gasteiger partial charge is 0.318 e. The van der Waals surface area contributed by atoms with Crippen LogP contribution in [0.5, 0.6) is 0 Å². The number of benzene rings is 3. The van der Waals surface area contributed by atoms with Crippen molar-refractivity contribution in [1.82, 2.24) is 15.2 Å². The summed E-state index contributed by atoms with van der Waals surface area (Å²) in [5.74, 6) is 0. The number of urea groups is 1. The molecule has 0 spiro atoms. The summed E-state index contributed by atoms with van der Waals surface area (Å²) >= 11 is 6.01. The maximum absolute atomic E-state index is 13.1. The van der Waals surface area contributed by atoms with E-state index < -0.39 is 0 Å². The summed E-state index contributed by atoms with van der Waals surface area (Å²) in [6, 6.07) is 24.6. The lowest BCUT2D eigenvalue weighted by molar-refractivity contribution is 0.191. The molecule has 0 radical (unpaired) electrons. The Morgan fingerprint density at radius 2 is 1.69 bits per heavy atom. The lowest BCUT2D eigenvalue weighted by Gasteiger charge is -2.23. The van der Waals surface area contributed by atoms with E-state index in [9.17, 15) is 9.59 Å². The van der Waals surface area contributed by atoms with Gasteiger partial charge in [0.15, 0.2) is 0 Å². The van der Waals surface area contributed by atoms with Crippen molar-refractivity contribution >= 4 is 28.5 Å². The Morgan fingerprint density at radius 1 is 0.938 bits per heavy atom. The molecule has 0 aliphatic carbocycles. The van der Waals surface area contributed by atoms with Crippen LogP contribution in [-0.2, 0) is 19.6 Å². The first-order chi connectivity index (χ1) is 15.5. The molecular weight excluding hydrogens is 422 g/mol. The zero-order valence-electron chi connectivity index (χ0n) is 17.8. The fourth-order valence-corrected chi connectivity index (χ4v) is 3.77. The second-order valence-electron chi connectivity index (χ2n) is 7.79. The van der Waals surface area contributed by atoms with E-state index in [1.54, 1.807) is 17.0 Å². The first-order valence-corrected chi connectivity index (χ1v) is 10.8. The first-order valence-electron chi connectivity index (χ1n) is 10.4. The van der Waals surface area contributed by atoms with Crippen LogP contribution in [0.15, 0.2) is 83.7 Å². The van der Waals surface area contributed by atoms with E-state index in [2.05, 4.69) is 10.3 Å². The van der Waals surface area contributed by atoms with Crippen LogP contribution < -0.4 is 10.9 Å². The Balaban J connectivity index is 1.60. The molecule has 162 valence electrons. The summed E-state index contributed by atoms with van der Waals surface area (Å²) < 4.78 is 0. The number of nitrogens with zero attached hydrogens (tertiary/aromatic N) is 1. The van der Waals surface area contributed by atoms with Gasteiger partial charge in [0.1, 0.15) is 0 Å². The molecule has 6 heteroatoms. The summed E-state index contributed by atoms with van der Waals surface area (Å²) in [5.41, 5.74) is 4.10. The van der Waals surface area contributed by atoms with Gasteiger partial charge in [-0.05, 0) is 47.2 Å². The number of aromatic nitrogens is 1. The van der Waals surface area contributed by atoms with Crippen molar-refractivity contribution in [3.63, 3.8) is 0 Å². The lowest BCUT2D eigenvalue weighted by Crippen LogP contribution is -2.39.